The number of ether oxygens (including phenoxy) is 2. The van der Waals surface area contributed by atoms with Gasteiger partial charge >= 0.3 is 27.8 Å². The molecular weight excluding hydrogens is 733 g/mol. The SMILES string of the molecule is C[C@H]1CN(C=NC(=O)OCc2ccc([N+](=O)[O-])cc2)CCN1C(=O)[C@@H]1C[C@H](S)CN1C(=O)OCc1ccc([N+](=O)[O-])cc1.O=S(=O)(O)C(F)(F)F. The molecule has 2 aliphatic heterocycles. The smallest absolute Gasteiger partial charge is 0.445 e. The molecule has 23 heteroatoms. The van der Waals surface area contributed by atoms with Crippen molar-refractivity contribution in [3.63, 3.8) is 0 Å². The van der Waals surface area contributed by atoms with Crippen molar-refractivity contribution < 1.29 is 59.8 Å². The lowest BCUT2D eigenvalue weighted by molar-refractivity contribution is -0.385. The van der Waals surface area contributed by atoms with Crippen molar-refractivity contribution in [2.75, 3.05) is 26.2 Å². The zero-order valence-electron chi connectivity index (χ0n) is 26.5. The Labute approximate surface area is 293 Å². The number of amides is 3. The average Bonchev–Trinajstić information content (AvgIpc) is 3.46. The summed E-state index contributed by atoms with van der Waals surface area (Å²) in [5.41, 5.74) is -4.52. The number of nitro benzene ring substituents is 2. The minimum absolute atomic E-state index is 0.0643. The molecule has 2 fully saturated rings. The van der Waals surface area contributed by atoms with Crippen molar-refractivity contribution in [2.24, 2.45) is 4.99 Å². The van der Waals surface area contributed by atoms with E-state index in [9.17, 15) is 47.8 Å². The number of aliphatic imine (C=N–C) groups is 1. The Morgan fingerprint density at radius 3 is 1.88 bits per heavy atom. The van der Waals surface area contributed by atoms with Crippen LogP contribution < -0.4 is 0 Å². The highest BCUT2D eigenvalue weighted by molar-refractivity contribution is 7.86. The number of nitro groups is 2. The Hall–Kier alpha value is -5.03. The second-order valence-corrected chi connectivity index (χ2v) is 13.2. The number of thiol groups is 1. The van der Waals surface area contributed by atoms with Crippen LogP contribution >= 0.6 is 12.6 Å². The molecule has 51 heavy (non-hydrogen) atoms. The topological polar surface area (TPSA) is 232 Å². The van der Waals surface area contributed by atoms with Gasteiger partial charge in [-0.2, -0.15) is 39.2 Å². The summed E-state index contributed by atoms with van der Waals surface area (Å²) in [5, 5.41) is 21.4. The zero-order valence-corrected chi connectivity index (χ0v) is 28.2. The predicted octanol–water partition coefficient (Wildman–Crippen LogP) is 3.80. The molecule has 0 saturated carbocycles. The van der Waals surface area contributed by atoms with E-state index in [2.05, 4.69) is 17.6 Å². The molecule has 2 aliphatic rings. The van der Waals surface area contributed by atoms with Gasteiger partial charge < -0.3 is 19.3 Å². The van der Waals surface area contributed by atoms with E-state index in [1.807, 2.05) is 6.92 Å². The number of non-ortho nitro benzene ring substituents is 2. The summed E-state index contributed by atoms with van der Waals surface area (Å²) in [7, 11) is -5.84. The number of hydrogen-bond donors (Lipinski definition) is 2. The first-order valence-corrected chi connectivity index (χ1v) is 16.6. The predicted molar refractivity (Wildman–Crippen MR) is 173 cm³/mol. The molecule has 0 aromatic heterocycles. The second-order valence-electron chi connectivity index (χ2n) is 11.1. The van der Waals surface area contributed by atoms with E-state index in [4.69, 9.17) is 22.4 Å². The molecule has 0 bridgehead atoms. The van der Waals surface area contributed by atoms with Crippen molar-refractivity contribution in [2.45, 2.75) is 49.4 Å². The Bertz CT molecular complexity index is 1730. The number of hydrogen-bond acceptors (Lipinski definition) is 12. The van der Waals surface area contributed by atoms with Gasteiger partial charge in [-0.1, -0.05) is 0 Å². The van der Waals surface area contributed by atoms with Gasteiger partial charge in [0.15, 0.2) is 0 Å². The lowest BCUT2D eigenvalue weighted by atomic mass is 10.1. The summed E-state index contributed by atoms with van der Waals surface area (Å²) in [6.45, 7) is 3.03. The highest BCUT2D eigenvalue weighted by atomic mass is 32.2. The summed E-state index contributed by atoms with van der Waals surface area (Å²) in [5.74, 6) is -0.226. The highest BCUT2D eigenvalue weighted by Gasteiger charge is 2.44. The molecule has 2 saturated heterocycles. The van der Waals surface area contributed by atoms with E-state index in [-0.39, 0.29) is 48.3 Å². The number of likely N-dealkylation sites (tertiary alicyclic amines) is 1. The first kappa shape index (κ1) is 40.4. The molecule has 2 heterocycles. The quantitative estimate of drug-likeness (QED) is 0.0742. The fraction of sp³-hybridized carbons (Fsp3) is 0.429. The van der Waals surface area contributed by atoms with Crippen LogP contribution in [0.2, 0.25) is 0 Å². The molecule has 0 radical (unpaired) electrons. The fourth-order valence-electron chi connectivity index (χ4n) is 4.83. The molecule has 18 nitrogen and oxygen atoms in total. The van der Waals surface area contributed by atoms with Gasteiger partial charge in [-0.15, -0.1) is 0 Å². The lowest BCUT2D eigenvalue weighted by Gasteiger charge is -2.41. The molecular formula is C28H31F3N6O12S2. The van der Waals surface area contributed by atoms with Crippen LogP contribution in [0.25, 0.3) is 0 Å². The molecule has 0 unspecified atom stereocenters. The summed E-state index contributed by atoms with van der Waals surface area (Å²) >= 11 is 4.49. The normalized spacial score (nSPS) is 19.3. The van der Waals surface area contributed by atoms with Gasteiger partial charge in [-0.05, 0) is 48.7 Å². The summed E-state index contributed by atoms with van der Waals surface area (Å²) in [6.07, 6.45) is 0.235. The van der Waals surface area contributed by atoms with Gasteiger partial charge in [-0.3, -0.25) is 34.5 Å². The first-order chi connectivity index (χ1) is 23.8. The zero-order chi connectivity index (χ0) is 38.1. The van der Waals surface area contributed by atoms with Crippen LogP contribution in [0, 0.1) is 20.2 Å². The molecule has 2 aromatic carbocycles. The van der Waals surface area contributed by atoms with Gasteiger partial charge in [0, 0.05) is 61.7 Å². The van der Waals surface area contributed by atoms with Gasteiger partial charge in [0.1, 0.15) is 19.3 Å². The summed E-state index contributed by atoms with van der Waals surface area (Å²) < 4.78 is 68.0. The van der Waals surface area contributed by atoms with Crippen LogP contribution in [-0.2, 0) is 37.6 Å². The van der Waals surface area contributed by atoms with Gasteiger partial charge in [0.05, 0.1) is 16.2 Å². The lowest BCUT2D eigenvalue weighted by Crippen LogP contribution is -2.58. The van der Waals surface area contributed by atoms with Crippen LogP contribution in [0.15, 0.2) is 53.5 Å². The molecule has 0 aliphatic carbocycles. The first-order valence-electron chi connectivity index (χ1n) is 14.6. The number of piperazine rings is 1. The van der Waals surface area contributed by atoms with E-state index >= 15 is 0 Å². The number of halogens is 3. The third-order valence-corrected chi connectivity index (χ3v) is 8.34. The van der Waals surface area contributed by atoms with Gasteiger partial charge in [0.25, 0.3) is 11.4 Å². The number of alkyl halides is 3. The Morgan fingerprint density at radius 2 is 1.43 bits per heavy atom. The maximum Gasteiger partial charge on any atom is 0.522 e. The van der Waals surface area contributed by atoms with Crippen molar-refractivity contribution in [3.8, 4) is 0 Å². The van der Waals surface area contributed by atoms with Crippen molar-refractivity contribution in [1.82, 2.24) is 14.7 Å². The van der Waals surface area contributed by atoms with Crippen LogP contribution in [0.5, 0.6) is 0 Å². The molecule has 3 amide bonds. The van der Waals surface area contributed by atoms with Crippen LogP contribution in [0.3, 0.4) is 0 Å². The van der Waals surface area contributed by atoms with E-state index in [1.165, 1.54) is 59.8 Å². The number of carbonyl (C=O) groups excluding carboxylic acids is 3. The molecule has 278 valence electrons. The second kappa shape index (κ2) is 17.3. The van der Waals surface area contributed by atoms with Crippen molar-refractivity contribution >= 4 is 58.6 Å². The molecule has 3 atom stereocenters. The monoisotopic (exact) mass is 764 g/mol. The fourth-order valence-corrected chi connectivity index (χ4v) is 5.20. The molecule has 0 spiro atoms. The molecule has 2 aromatic rings. The largest absolute Gasteiger partial charge is 0.522 e. The number of benzene rings is 2. The Kier molecular flexibility index (Phi) is 13.7. The van der Waals surface area contributed by atoms with Crippen molar-refractivity contribution in [1.29, 1.82) is 0 Å². The maximum atomic E-state index is 13.5. The minimum atomic E-state index is -5.84. The number of carbonyl (C=O) groups is 3. The van der Waals surface area contributed by atoms with E-state index in [0.717, 1.165) is 0 Å². The van der Waals surface area contributed by atoms with E-state index in [1.54, 1.807) is 9.80 Å². The molecule has 4 rings (SSSR count). The summed E-state index contributed by atoms with van der Waals surface area (Å²) in [4.78, 5) is 67.7. The third kappa shape index (κ3) is 11.8. The van der Waals surface area contributed by atoms with Crippen LogP contribution in [0.1, 0.15) is 24.5 Å². The Balaban J connectivity index is 0.000000783. The number of nitrogens with zero attached hydrogens (tertiary/aromatic N) is 6. The van der Waals surface area contributed by atoms with Crippen molar-refractivity contribution in [3.05, 3.63) is 79.9 Å². The number of rotatable bonds is 8. The van der Waals surface area contributed by atoms with E-state index in [0.29, 0.717) is 37.2 Å². The van der Waals surface area contributed by atoms with Gasteiger partial charge in [0.2, 0.25) is 5.91 Å². The highest BCUT2D eigenvalue weighted by Crippen LogP contribution is 2.26. The van der Waals surface area contributed by atoms with Gasteiger partial charge in [-0.25, -0.2) is 9.59 Å². The minimum Gasteiger partial charge on any atom is -0.445 e. The standard InChI is InChI=1S/C27H30N6O9S.CHF3O3S/c1-18-13-29(17-28-26(35)41-15-19-2-6-21(7-3-19)32(37)38)10-11-30(18)25(34)24-12-23(43)14-31(24)27(36)42-16-20-4-8-22(9-5-20)33(39)40;2-1(3,4)8(5,6)7/h2-9,17-18,23-24,43H,10-16H2,1H3;(H,5,6,7)/t18-,23-,24-;/m0./s1. The molecule has 1 N–H and O–H groups in total. The van der Waals surface area contributed by atoms with Crippen LogP contribution in [-0.4, -0.2) is 111 Å². The third-order valence-electron chi connectivity index (χ3n) is 7.38. The average molecular weight is 765 g/mol. The Morgan fingerprint density at radius 1 is 0.941 bits per heavy atom. The van der Waals surface area contributed by atoms with E-state index < -0.39 is 43.7 Å². The summed E-state index contributed by atoms with van der Waals surface area (Å²) in [6, 6.07) is 10.3. The van der Waals surface area contributed by atoms with Crippen LogP contribution in [0.4, 0.5) is 34.1 Å². The maximum absolute atomic E-state index is 13.5.